The molecule has 0 saturated carbocycles. The second-order valence-corrected chi connectivity index (χ2v) is 13.5. The summed E-state index contributed by atoms with van der Waals surface area (Å²) in [5.74, 6) is 0.139. The molecule has 4 aromatic carbocycles. The van der Waals surface area contributed by atoms with E-state index in [0.717, 1.165) is 20.5 Å². The number of nitrogens with zero attached hydrogens (tertiary/aromatic N) is 1. The molecule has 3 N–H and O–H groups in total. The standard InChI is InChI=1S/C36H31BrN4O5S2/c1-22(33(42)41-36-40-30(21-47-36)25-12-17-31(45-2)32(20-25)46-3)48-28-15-13-27(14-16-28)38-35(44)29(19-23-8-7-11-26(37)18-23)39-34(43)24-9-5-4-6-10-24/h4-22H,1-3H3,(H,38,44)(H,39,43)(H,40,41,42)/b29-19-. The third-order valence-corrected chi connectivity index (χ3v) is 9.26. The number of methoxy groups -OCH3 is 2. The van der Waals surface area contributed by atoms with Crippen LogP contribution in [0.2, 0.25) is 0 Å². The predicted octanol–water partition coefficient (Wildman–Crippen LogP) is 8.12. The monoisotopic (exact) mass is 742 g/mol. The van der Waals surface area contributed by atoms with Gasteiger partial charge < -0.3 is 25.4 Å². The van der Waals surface area contributed by atoms with E-state index in [0.29, 0.717) is 33.6 Å². The summed E-state index contributed by atoms with van der Waals surface area (Å²) in [6.07, 6.45) is 1.62. The Balaban J connectivity index is 1.20. The van der Waals surface area contributed by atoms with Crippen LogP contribution in [-0.2, 0) is 9.59 Å². The minimum atomic E-state index is -0.483. The van der Waals surface area contributed by atoms with Crippen molar-refractivity contribution in [2.75, 3.05) is 24.9 Å². The summed E-state index contributed by atoms with van der Waals surface area (Å²) < 4.78 is 11.5. The zero-order valence-electron chi connectivity index (χ0n) is 26.2. The van der Waals surface area contributed by atoms with E-state index in [2.05, 4.69) is 36.9 Å². The molecule has 0 aliphatic carbocycles. The van der Waals surface area contributed by atoms with Crippen molar-refractivity contribution in [2.45, 2.75) is 17.1 Å². The normalized spacial score (nSPS) is 11.7. The average Bonchev–Trinajstić information content (AvgIpc) is 3.57. The Hall–Kier alpha value is -4.91. The van der Waals surface area contributed by atoms with E-state index in [1.807, 2.05) is 73.0 Å². The molecule has 244 valence electrons. The highest BCUT2D eigenvalue weighted by Gasteiger charge is 2.18. The molecule has 9 nitrogen and oxygen atoms in total. The molecule has 1 atom stereocenters. The van der Waals surface area contributed by atoms with Crippen molar-refractivity contribution >= 4 is 73.6 Å². The van der Waals surface area contributed by atoms with Gasteiger partial charge in [-0.3, -0.25) is 14.4 Å². The molecule has 0 bridgehead atoms. The van der Waals surface area contributed by atoms with Crippen LogP contribution in [0.3, 0.4) is 0 Å². The molecule has 0 radical (unpaired) electrons. The first-order valence-electron chi connectivity index (χ1n) is 14.6. The van der Waals surface area contributed by atoms with Crippen molar-refractivity contribution < 1.29 is 23.9 Å². The lowest BCUT2D eigenvalue weighted by atomic mass is 10.1. The first kappa shape index (κ1) is 34.4. The smallest absolute Gasteiger partial charge is 0.272 e. The summed E-state index contributed by atoms with van der Waals surface area (Å²) in [6, 6.07) is 28.7. The molecule has 48 heavy (non-hydrogen) atoms. The van der Waals surface area contributed by atoms with Crippen LogP contribution in [-0.4, -0.2) is 42.2 Å². The second kappa shape index (κ2) is 16.3. The molecule has 3 amide bonds. The Morgan fingerprint density at radius 2 is 1.62 bits per heavy atom. The lowest BCUT2D eigenvalue weighted by Crippen LogP contribution is -2.30. The van der Waals surface area contributed by atoms with Gasteiger partial charge in [0.2, 0.25) is 5.91 Å². The summed E-state index contributed by atoms with van der Waals surface area (Å²) in [7, 11) is 3.15. The first-order chi connectivity index (χ1) is 23.2. The number of thiazole rings is 1. The maximum atomic E-state index is 13.4. The number of benzene rings is 4. The van der Waals surface area contributed by atoms with Gasteiger partial charge in [0.1, 0.15) is 5.70 Å². The molecule has 12 heteroatoms. The van der Waals surface area contributed by atoms with Crippen molar-refractivity contribution in [3.05, 3.63) is 124 Å². The molecule has 0 spiro atoms. The van der Waals surface area contributed by atoms with E-state index in [9.17, 15) is 14.4 Å². The number of hydrogen-bond acceptors (Lipinski definition) is 8. The molecule has 1 heterocycles. The fraction of sp³-hybridized carbons (Fsp3) is 0.111. The Labute approximate surface area is 294 Å². The van der Waals surface area contributed by atoms with Crippen molar-refractivity contribution in [1.82, 2.24) is 10.3 Å². The number of ether oxygens (including phenoxy) is 2. The third-order valence-electron chi connectivity index (χ3n) is 6.90. The number of nitrogens with one attached hydrogen (secondary N) is 3. The summed E-state index contributed by atoms with van der Waals surface area (Å²) in [4.78, 5) is 44.7. The van der Waals surface area contributed by atoms with Crippen LogP contribution in [0.4, 0.5) is 10.8 Å². The Morgan fingerprint density at radius 1 is 0.875 bits per heavy atom. The van der Waals surface area contributed by atoms with Crippen LogP contribution >= 0.6 is 39.0 Å². The van der Waals surface area contributed by atoms with Gasteiger partial charge in [-0.15, -0.1) is 23.1 Å². The highest BCUT2D eigenvalue weighted by Crippen LogP contribution is 2.34. The molecule has 1 unspecified atom stereocenters. The van der Waals surface area contributed by atoms with E-state index in [-0.39, 0.29) is 11.6 Å². The second-order valence-electron chi connectivity index (χ2n) is 10.3. The highest BCUT2D eigenvalue weighted by atomic mass is 79.9. The van der Waals surface area contributed by atoms with Crippen LogP contribution < -0.4 is 25.4 Å². The number of amides is 3. The van der Waals surface area contributed by atoms with Crippen LogP contribution in [0.15, 0.2) is 118 Å². The molecule has 0 aliphatic heterocycles. The Morgan fingerprint density at radius 3 is 2.33 bits per heavy atom. The van der Waals surface area contributed by atoms with Gasteiger partial charge in [-0.2, -0.15) is 0 Å². The van der Waals surface area contributed by atoms with E-state index < -0.39 is 17.1 Å². The maximum absolute atomic E-state index is 13.4. The molecule has 5 rings (SSSR count). The zero-order valence-corrected chi connectivity index (χ0v) is 29.4. The third kappa shape index (κ3) is 9.12. The SMILES string of the molecule is COc1ccc(-c2csc(NC(=O)C(C)Sc3ccc(NC(=O)/C(=C/c4cccc(Br)c4)NC(=O)c4ccccc4)cc3)n2)cc1OC. The quantitative estimate of drug-likeness (QED) is 0.0873. The molecule has 0 aliphatic rings. The highest BCUT2D eigenvalue weighted by molar-refractivity contribution is 9.10. The van der Waals surface area contributed by atoms with Crippen molar-refractivity contribution in [1.29, 1.82) is 0 Å². The topological polar surface area (TPSA) is 119 Å². The lowest BCUT2D eigenvalue weighted by molar-refractivity contribution is -0.115. The molecule has 1 aromatic heterocycles. The molecule has 0 saturated heterocycles. The van der Waals surface area contributed by atoms with Gasteiger partial charge in [0.05, 0.1) is 25.2 Å². The summed E-state index contributed by atoms with van der Waals surface area (Å²) in [5, 5.41) is 10.4. The fourth-order valence-electron chi connectivity index (χ4n) is 4.44. The number of halogens is 1. The molecule has 5 aromatic rings. The number of anilines is 2. The summed E-state index contributed by atoms with van der Waals surface area (Å²) in [6.45, 7) is 1.81. The van der Waals surface area contributed by atoms with Gasteiger partial charge in [0, 0.05) is 31.6 Å². The van der Waals surface area contributed by atoms with Crippen LogP contribution in [0, 0.1) is 0 Å². The average molecular weight is 744 g/mol. The molecule has 0 fully saturated rings. The van der Waals surface area contributed by atoms with E-state index in [4.69, 9.17) is 9.47 Å². The van der Waals surface area contributed by atoms with Crippen LogP contribution in [0.5, 0.6) is 11.5 Å². The Kier molecular flexibility index (Phi) is 11.7. The maximum Gasteiger partial charge on any atom is 0.272 e. The molecular formula is C36H31BrN4O5S2. The number of rotatable bonds is 12. The number of carbonyl (C=O) groups excluding carboxylic acids is 3. The van der Waals surface area contributed by atoms with E-state index in [1.165, 1.54) is 23.1 Å². The number of aromatic nitrogens is 1. The number of thioether (sulfide) groups is 1. The largest absolute Gasteiger partial charge is 0.493 e. The van der Waals surface area contributed by atoms with Crippen molar-refractivity contribution in [3.63, 3.8) is 0 Å². The van der Waals surface area contributed by atoms with Crippen LogP contribution in [0.25, 0.3) is 17.3 Å². The van der Waals surface area contributed by atoms with Gasteiger partial charge in [-0.25, -0.2) is 4.98 Å². The zero-order chi connectivity index (χ0) is 34.0. The lowest BCUT2D eigenvalue weighted by Gasteiger charge is -2.13. The van der Waals surface area contributed by atoms with Crippen molar-refractivity contribution in [3.8, 4) is 22.8 Å². The predicted molar refractivity (Wildman–Crippen MR) is 196 cm³/mol. The number of hydrogen-bond donors (Lipinski definition) is 3. The fourth-order valence-corrected chi connectivity index (χ4v) is 6.45. The van der Waals surface area contributed by atoms with Gasteiger partial charge >= 0.3 is 0 Å². The van der Waals surface area contributed by atoms with Gasteiger partial charge in [-0.05, 0) is 85.3 Å². The number of carbonyl (C=O) groups is 3. The Bertz CT molecular complexity index is 1950. The minimum absolute atomic E-state index is 0.0853. The van der Waals surface area contributed by atoms with Gasteiger partial charge in [0.15, 0.2) is 16.6 Å². The molecular weight excluding hydrogens is 712 g/mol. The minimum Gasteiger partial charge on any atom is -0.493 e. The first-order valence-corrected chi connectivity index (χ1v) is 17.2. The van der Waals surface area contributed by atoms with Gasteiger partial charge in [0.25, 0.3) is 11.8 Å². The summed E-state index contributed by atoms with van der Waals surface area (Å²) >= 11 is 6.15. The van der Waals surface area contributed by atoms with E-state index in [1.54, 1.807) is 56.7 Å². The van der Waals surface area contributed by atoms with Crippen molar-refractivity contribution in [2.24, 2.45) is 0 Å². The summed E-state index contributed by atoms with van der Waals surface area (Å²) in [5.41, 5.74) is 3.33. The van der Waals surface area contributed by atoms with E-state index >= 15 is 0 Å². The van der Waals surface area contributed by atoms with Crippen LogP contribution in [0.1, 0.15) is 22.8 Å². The van der Waals surface area contributed by atoms with Gasteiger partial charge in [-0.1, -0.05) is 46.3 Å².